The Kier molecular flexibility index (Phi) is 4.52. The molecule has 1 aromatic carbocycles. The van der Waals surface area contributed by atoms with E-state index in [4.69, 9.17) is 9.47 Å². The lowest BCUT2D eigenvalue weighted by Gasteiger charge is -2.12. The molecule has 0 saturated carbocycles. The minimum atomic E-state index is -0.301. The van der Waals surface area contributed by atoms with E-state index in [9.17, 15) is 4.79 Å². The molecule has 112 valence electrons. The number of aromatic nitrogens is 1. The van der Waals surface area contributed by atoms with Crippen molar-refractivity contribution in [3.05, 3.63) is 40.2 Å². The Morgan fingerprint density at radius 3 is 2.71 bits per heavy atom. The van der Waals surface area contributed by atoms with Crippen molar-refractivity contribution in [3.8, 4) is 11.5 Å². The van der Waals surface area contributed by atoms with Crippen LogP contribution in [0.5, 0.6) is 11.5 Å². The van der Waals surface area contributed by atoms with Crippen LogP contribution in [0.1, 0.15) is 13.8 Å². The van der Waals surface area contributed by atoms with Crippen LogP contribution in [0, 0.1) is 0 Å². The van der Waals surface area contributed by atoms with E-state index in [1.54, 1.807) is 0 Å². The lowest BCUT2D eigenvalue weighted by molar-refractivity contribution is 0.326. The van der Waals surface area contributed by atoms with Crippen LogP contribution in [0.4, 0.5) is 5.69 Å². The second kappa shape index (κ2) is 6.35. The fourth-order valence-corrected chi connectivity index (χ4v) is 2.03. The van der Waals surface area contributed by atoms with Crippen LogP contribution < -0.4 is 20.3 Å². The zero-order valence-electron chi connectivity index (χ0n) is 12.7. The van der Waals surface area contributed by atoms with Crippen molar-refractivity contribution >= 4 is 16.6 Å². The summed E-state index contributed by atoms with van der Waals surface area (Å²) in [5.41, 5.74) is 2.48. The molecule has 0 bridgehead atoms. The summed E-state index contributed by atoms with van der Waals surface area (Å²) in [6.45, 7) is 4.39. The number of nitrogens with one attached hydrogen (secondary N) is 2. The normalized spacial score (nSPS) is 10.3. The van der Waals surface area contributed by atoms with Crippen molar-refractivity contribution in [2.45, 2.75) is 13.8 Å². The smallest absolute Gasteiger partial charge is 0.294 e. The number of ether oxygens (including phenoxy) is 2. The Morgan fingerprint density at radius 2 is 2.10 bits per heavy atom. The molecule has 2 N–H and O–H groups in total. The van der Waals surface area contributed by atoms with Crippen molar-refractivity contribution in [1.29, 1.82) is 0 Å². The van der Waals surface area contributed by atoms with E-state index >= 15 is 0 Å². The van der Waals surface area contributed by atoms with Gasteiger partial charge < -0.3 is 19.8 Å². The third kappa shape index (κ3) is 3.18. The highest BCUT2D eigenvalue weighted by molar-refractivity contribution is 5.89. The Balaban J connectivity index is 2.57. The predicted molar refractivity (Wildman–Crippen MR) is 85.6 cm³/mol. The molecule has 0 unspecified atom stereocenters. The lowest BCUT2D eigenvalue weighted by atomic mass is 10.1. The third-order valence-corrected chi connectivity index (χ3v) is 3.14. The van der Waals surface area contributed by atoms with Gasteiger partial charge in [-0.05, 0) is 38.1 Å². The van der Waals surface area contributed by atoms with Crippen molar-refractivity contribution < 1.29 is 9.47 Å². The van der Waals surface area contributed by atoms with Gasteiger partial charge in [0.25, 0.3) is 5.56 Å². The first-order chi connectivity index (χ1) is 10.1. The predicted octanol–water partition coefficient (Wildman–Crippen LogP) is 2.92. The summed E-state index contributed by atoms with van der Waals surface area (Å²) in [6, 6.07) is 5.69. The van der Waals surface area contributed by atoms with Gasteiger partial charge >= 0.3 is 0 Å². The number of anilines is 1. The van der Waals surface area contributed by atoms with Crippen molar-refractivity contribution in [2.24, 2.45) is 0 Å². The van der Waals surface area contributed by atoms with Crippen LogP contribution in [0.25, 0.3) is 10.9 Å². The third-order valence-electron chi connectivity index (χ3n) is 3.14. The van der Waals surface area contributed by atoms with Gasteiger partial charge in [0.05, 0.1) is 12.6 Å². The number of pyridine rings is 1. The largest absolute Gasteiger partial charge is 0.488 e. The molecule has 21 heavy (non-hydrogen) atoms. The number of hydrogen-bond donors (Lipinski definition) is 2. The minimum absolute atomic E-state index is 0.196. The van der Waals surface area contributed by atoms with E-state index in [1.807, 2.05) is 45.2 Å². The van der Waals surface area contributed by atoms with E-state index < -0.39 is 0 Å². The lowest BCUT2D eigenvalue weighted by Crippen LogP contribution is -2.12. The molecule has 2 aromatic rings. The molecule has 5 heteroatoms. The van der Waals surface area contributed by atoms with E-state index in [1.165, 1.54) is 7.11 Å². The summed E-state index contributed by atoms with van der Waals surface area (Å²) >= 11 is 0. The number of rotatable bonds is 5. The van der Waals surface area contributed by atoms with Crippen molar-refractivity contribution in [3.63, 3.8) is 0 Å². The van der Waals surface area contributed by atoms with E-state index in [-0.39, 0.29) is 11.3 Å². The average molecular weight is 288 g/mol. The van der Waals surface area contributed by atoms with E-state index in [0.717, 1.165) is 16.6 Å². The van der Waals surface area contributed by atoms with Crippen LogP contribution in [0.3, 0.4) is 0 Å². The summed E-state index contributed by atoms with van der Waals surface area (Å²) in [5, 5.41) is 3.85. The van der Waals surface area contributed by atoms with Crippen LogP contribution in [0.2, 0.25) is 0 Å². The molecule has 0 aliphatic heterocycles. The second-order valence-electron chi connectivity index (χ2n) is 4.92. The first kappa shape index (κ1) is 15.0. The second-order valence-corrected chi connectivity index (χ2v) is 4.92. The van der Waals surface area contributed by atoms with Crippen LogP contribution in [0.15, 0.2) is 34.6 Å². The zero-order valence-corrected chi connectivity index (χ0v) is 12.7. The fourth-order valence-electron chi connectivity index (χ4n) is 2.03. The van der Waals surface area contributed by atoms with Gasteiger partial charge in [0.15, 0.2) is 5.75 Å². The zero-order chi connectivity index (χ0) is 15.4. The highest BCUT2D eigenvalue weighted by atomic mass is 16.5. The van der Waals surface area contributed by atoms with Gasteiger partial charge in [-0.1, -0.05) is 5.57 Å². The first-order valence-corrected chi connectivity index (χ1v) is 6.74. The number of aromatic amines is 1. The molecule has 0 spiro atoms. The molecule has 5 nitrogen and oxygen atoms in total. The van der Waals surface area contributed by atoms with Gasteiger partial charge in [-0.15, -0.1) is 0 Å². The number of methoxy groups -OCH3 is 1. The van der Waals surface area contributed by atoms with Crippen LogP contribution >= 0.6 is 0 Å². The van der Waals surface area contributed by atoms with Gasteiger partial charge in [-0.25, -0.2) is 0 Å². The summed E-state index contributed by atoms with van der Waals surface area (Å²) in [4.78, 5) is 14.9. The molecule has 1 aromatic heterocycles. The monoisotopic (exact) mass is 288 g/mol. The van der Waals surface area contributed by atoms with Gasteiger partial charge in [-0.2, -0.15) is 0 Å². The Bertz CT molecular complexity index is 728. The average Bonchev–Trinajstić information content (AvgIpc) is 2.46. The molecular formula is C16H20N2O3. The maximum atomic E-state index is 12.1. The fraction of sp³-hybridized carbons (Fsp3) is 0.312. The molecule has 0 radical (unpaired) electrons. The number of allylic oxidation sites excluding steroid dienone is 1. The highest BCUT2D eigenvalue weighted by Crippen LogP contribution is 2.32. The van der Waals surface area contributed by atoms with Crippen molar-refractivity contribution in [1.82, 2.24) is 4.98 Å². The molecule has 0 amide bonds. The number of benzene rings is 1. The molecule has 0 saturated heterocycles. The number of hydrogen-bond acceptors (Lipinski definition) is 4. The van der Waals surface area contributed by atoms with Gasteiger partial charge in [0, 0.05) is 18.1 Å². The molecule has 0 aliphatic carbocycles. The van der Waals surface area contributed by atoms with Gasteiger partial charge in [-0.3, -0.25) is 4.79 Å². The Hall–Kier alpha value is -2.43. The summed E-state index contributed by atoms with van der Waals surface area (Å²) in [7, 11) is 3.29. The summed E-state index contributed by atoms with van der Waals surface area (Å²) in [6.07, 6.45) is 1.95. The number of H-pyrrole nitrogens is 1. The van der Waals surface area contributed by atoms with Gasteiger partial charge in [0.2, 0.25) is 5.75 Å². The van der Waals surface area contributed by atoms with Crippen LogP contribution in [-0.2, 0) is 0 Å². The molecule has 0 fully saturated rings. The summed E-state index contributed by atoms with van der Waals surface area (Å²) < 4.78 is 11.0. The van der Waals surface area contributed by atoms with Crippen LogP contribution in [-0.4, -0.2) is 25.7 Å². The SMILES string of the molecule is CNc1ccc2c(OCC=C(C)C)c(OC)c(=O)[nH]c2c1. The topological polar surface area (TPSA) is 63.4 Å². The Labute approximate surface area is 123 Å². The molecule has 0 aliphatic rings. The van der Waals surface area contributed by atoms with E-state index in [2.05, 4.69) is 10.3 Å². The van der Waals surface area contributed by atoms with Gasteiger partial charge in [0.1, 0.15) is 6.61 Å². The summed E-state index contributed by atoms with van der Waals surface area (Å²) in [5.74, 6) is 0.665. The van der Waals surface area contributed by atoms with E-state index in [0.29, 0.717) is 17.9 Å². The molecule has 0 atom stereocenters. The standard InChI is InChI=1S/C16H20N2O3/c1-10(2)7-8-21-14-12-6-5-11(17-3)9-13(12)18-16(19)15(14)20-4/h5-7,9,17H,8H2,1-4H3,(H,18,19). The Morgan fingerprint density at radius 1 is 1.33 bits per heavy atom. The quantitative estimate of drug-likeness (QED) is 0.830. The maximum absolute atomic E-state index is 12.1. The number of fused-ring (bicyclic) bond motifs is 1. The molecular weight excluding hydrogens is 268 g/mol. The first-order valence-electron chi connectivity index (χ1n) is 6.74. The highest BCUT2D eigenvalue weighted by Gasteiger charge is 2.14. The molecule has 1 heterocycles. The maximum Gasteiger partial charge on any atom is 0.294 e. The molecule has 2 rings (SSSR count). The van der Waals surface area contributed by atoms with Crippen molar-refractivity contribution in [2.75, 3.05) is 26.1 Å². The minimum Gasteiger partial charge on any atom is -0.488 e.